The Hall–Kier alpha value is -0.0800. The molecule has 2 nitrogen and oxygen atoms in total. The molecule has 0 fully saturated rings. The Balaban J connectivity index is 3.22. The molecular formula is C7H18N2. The quantitative estimate of drug-likeness (QED) is 0.592. The predicted octanol–water partition coefficient (Wildman–Crippen LogP) is 0.851. The minimum atomic E-state index is 0.306. The zero-order valence-electron chi connectivity index (χ0n) is 6.43. The molecule has 0 aromatic heterocycles. The van der Waals surface area contributed by atoms with E-state index < -0.39 is 0 Å². The molecule has 1 unspecified atom stereocenters. The molecule has 0 spiro atoms. The van der Waals surface area contributed by atoms with Crippen molar-refractivity contribution < 1.29 is 0 Å². The van der Waals surface area contributed by atoms with Crippen LogP contribution in [0.3, 0.4) is 0 Å². The zero-order valence-corrected chi connectivity index (χ0v) is 6.43. The molecule has 0 amide bonds. The number of hydrogen-bond acceptors (Lipinski definition) is 2. The Morgan fingerprint density at radius 3 is 1.56 bits per heavy atom. The minimum absolute atomic E-state index is 0.306. The van der Waals surface area contributed by atoms with E-state index in [0.29, 0.717) is 12.1 Å². The van der Waals surface area contributed by atoms with Crippen LogP contribution in [0.25, 0.3) is 0 Å². The van der Waals surface area contributed by atoms with Gasteiger partial charge in [0, 0.05) is 12.1 Å². The zero-order chi connectivity index (χ0) is 7.28. The first-order chi connectivity index (χ1) is 4.20. The molecule has 0 aliphatic heterocycles. The van der Waals surface area contributed by atoms with Gasteiger partial charge in [-0.1, -0.05) is 13.8 Å². The van der Waals surface area contributed by atoms with E-state index in [1.165, 1.54) is 0 Å². The summed E-state index contributed by atoms with van der Waals surface area (Å²) in [6.07, 6.45) is 3.04. The first kappa shape index (κ1) is 8.92. The fraction of sp³-hybridized carbons (Fsp3) is 1.00. The fourth-order valence-corrected chi connectivity index (χ4v) is 0.722. The van der Waals surface area contributed by atoms with Crippen molar-refractivity contribution in [1.29, 1.82) is 0 Å². The van der Waals surface area contributed by atoms with Crippen LogP contribution in [0.5, 0.6) is 0 Å². The Kier molecular flexibility index (Phi) is 4.72. The molecular weight excluding hydrogens is 112 g/mol. The predicted molar refractivity (Wildman–Crippen MR) is 41.1 cm³/mol. The van der Waals surface area contributed by atoms with E-state index in [-0.39, 0.29) is 0 Å². The van der Waals surface area contributed by atoms with E-state index in [9.17, 15) is 0 Å². The topological polar surface area (TPSA) is 52.0 Å². The molecule has 0 saturated heterocycles. The third-order valence-corrected chi connectivity index (χ3v) is 1.65. The van der Waals surface area contributed by atoms with Crippen molar-refractivity contribution in [3.8, 4) is 0 Å². The Labute approximate surface area is 57.6 Å². The summed E-state index contributed by atoms with van der Waals surface area (Å²) >= 11 is 0. The van der Waals surface area contributed by atoms with Crippen LogP contribution in [0.2, 0.25) is 0 Å². The first-order valence-corrected chi connectivity index (χ1v) is 3.71. The van der Waals surface area contributed by atoms with Crippen molar-refractivity contribution in [1.82, 2.24) is 0 Å². The lowest BCUT2D eigenvalue weighted by Gasteiger charge is -2.13. The summed E-state index contributed by atoms with van der Waals surface area (Å²) in [5, 5.41) is 0. The van der Waals surface area contributed by atoms with E-state index in [0.717, 1.165) is 19.3 Å². The van der Waals surface area contributed by atoms with Crippen molar-refractivity contribution in [3.63, 3.8) is 0 Å². The largest absolute Gasteiger partial charge is 0.328 e. The molecule has 0 aromatic rings. The molecule has 2 heteroatoms. The van der Waals surface area contributed by atoms with E-state index >= 15 is 0 Å². The molecule has 4 N–H and O–H groups in total. The van der Waals surface area contributed by atoms with Gasteiger partial charge in [0.1, 0.15) is 0 Å². The third kappa shape index (κ3) is 4.43. The van der Waals surface area contributed by atoms with Crippen LogP contribution in [0, 0.1) is 0 Å². The molecule has 0 aromatic carbocycles. The molecule has 2 atom stereocenters. The summed E-state index contributed by atoms with van der Waals surface area (Å²) in [7, 11) is 0. The Morgan fingerprint density at radius 2 is 1.33 bits per heavy atom. The van der Waals surface area contributed by atoms with Crippen molar-refractivity contribution >= 4 is 0 Å². The van der Waals surface area contributed by atoms with Crippen LogP contribution in [-0.4, -0.2) is 12.1 Å². The second-order valence-corrected chi connectivity index (χ2v) is 2.57. The van der Waals surface area contributed by atoms with Crippen LogP contribution in [0.15, 0.2) is 0 Å². The van der Waals surface area contributed by atoms with E-state index in [4.69, 9.17) is 11.5 Å². The molecule has 0 heterocycles. The van der Waals surface area contributed by atoms with Crippen LogP contribution < -0.4 is 11.5 Å². The molecule has 0 rings (SSSR count). The fourth-order valence-electron chi connectivity index (χ4n) is 0.722. The standard InChI is InChI=1S/C7H18N2/c1-3-6(8)5-7(9)4-2/h6-7H,3-5,8-9H2,1-2H3/t6-,7?/m1/s1. The summed E-state index contributed by atoms with van der Waals surface area (Å²) in [6, 6.07) is 0.611. The maximum absolute atomic E-state index is 5.67. The Bertz CT molecular complexity index is 55.9. The van der Waals surface area contributed by atoms with Gasteiger partial charge in [-0.2, -0.15) is 0 Å². The summed E-state index contributed by atoms with van der Waals surface area (Å²) in [5.74, 6) is 0. The maximum Gasteiger partial charge on any atom is 0.00509 e. The minimum Gasteiger partial charge on any atom is -0.328 e. The molecule has 0 aliphatic carbocycles. The van der Waals surface area contributed by atoms with E-state index in [1.54, 1.807) is 0 Å². The smallest absolute Gasteiger partial charge is 0.00509 e. The summed E-state index contributed by atoms with van der Waals surface area (Å²) in [6.45, 7) is 4.18. The van der Waals surface area contributed by atoms with Crippen LogP contribution in [-0.2, 0) is 0 Å². The van der Waals surface area contributed by atoms with Gasteiger partial charge in [0.15, 0.2) is 0 Å². The molecule has 56 valence electrons. The summed E-state index contributed by atoms with van der Waals surface area (Å²) in [4.78, 5) is 0. The SMILES string of the molecule is CCC(N)C[C@H](N)CC. The highest BCUT2D eigenvalue weighted by atomic mass is 14.7. The number of nitrogens with two attached hydrogens (primary N) is 2. The van der Waals surface area contributed by atoms with Gasteiger partial charge in [0.05, 0.1) is 0 Å². The van der Waals surface area contributed by atoms with Crippen molar-refractivity contribution in [2.75, 3.05) is 0 Å². The summed E-state index contributed by atoms with van der Waals surface area (Å²) < 4.78 is 0. The van der Waals surface area contributed by atoms with Gasteiger partial charge in [-0.05, 0) is 19.3 Å². The van der Waals surface area contributed by atoms with Gasteiger partial charge in [0.2, 0.25) is 0 Å². The van der Waals surface area contributed by atoms with Crippen molar-refractivity contribution in [2.24, 2.45) is 11.5 Å². The van der Waals surface area contributed by atoms with Gasteiger partial charge >= 0.3 is 0 Å². The van der Waals surface area contributed by atoms with Gasteiger partial charge in [-0.15, -0.1) is 0 Å². The lowest BCUT2D eigenvalue weighted by molar-refractivity contribution is 0.501. The van der Waals surface area contributed by atoms with Gasteiger partial charge in [-0.25, -0.2) is 0 Å². The van der Waals surface area contributed by atoms with Crippen molar-refractivity contribution in [2.45, 2.75) is 45.2 Å². The highest BCUT2D eigenvalue weighted by Gasteiger charge is 2.04. The normalized spacial score (nSPS) is 17.3. The summed E-state index contributed by atoms with van der Waals surface area (Å²) in [5.41, 5.74) is 11.3. The second-order valence-electron chi connectivity index (χ2n) is 2.57. The molecule has 0 saturated carbocycles. The number of hydrogen-bond donors (Lipinski definition) is 2. The third-order valence-electron chi connectivity index (χ3n) is 1.65. The molecule has 0 radical (unpaired) electrons. The molecule has 9 heavy (non-hydrogen) atoms. The average molecular weight is 130 g/mol. The second kappa shape index (κ2) is 4.77. The highest BCUT2D eigenvalue weighted by Crippen LogP contribution is 1.99. The van der Waals surface area contributed by atoms with Gasteiger partial charge in [0.25, 0.3) is 0 Å². The average Bonchev–Trinajstić information content (AvgIpc) is 1.87. The lowest BCUT2D eigenvalue weighted by atomic mass is 10.1. The van der Waals surface area contributed by atoms with Crippen LogP contribution in [0.1, 0.15) is 33.1 Å². The lowest BCUT2D eigenvalue weighted by Crippen LogP contribution is -2.30. The van der Waals surface area contributed by atoms with Crippen LogP contribution in [0.4, 0.5) is 0 Å². The Morgan fingerprint density at radius 1 is 1.00 bits per heavy atom. The van der Waals surface area contributed by atoms with Gasteiger partial charge in [-0.3, -0.25) is 0 Å². The maximum atomic E-state index is 5.67. The van der Waals surface area contributed by atoms with Crippen molar-refractivity contribution in [3.05, 3.63) is 0 Å². The van der Waals surface area contributed by atoms with E-state index in [1.807, 2.05) is 0 Å². The van der Waals surface area contributed by atoms with Crippen LogP contribution >= 0.6 is 0 Å². The molecule has 0 aliphatic rings. The first-order valence-electron chi connectivity index (χ1n) is 3.71. The highest BCUT2D eigenvalue weighted by molar-refractivity contribution is 4.67. The monoisotopic (exact) mass is 130 g/mol. The molecule has 0 bridgehead atoms. The van der Waals surface area contributed by atoms with E-state index in [2.05, 4.69) is 13.8 Å². The van der Waals surface area contributed by atoms with Gasteiger partial charge < -0.3 is 11.5 Å². The number of rotatable bonds is 4.